The predicted molar refractivity (Wildman–Crippen MR) is 64.7 cm³/mol. The van der Waals surface area contributed by atoms with Crippen LogP contribution < -0.4 is 11.1 Å². The third-order valence-corrected chi connectivity index (χ3v) is 2.20. The number of nitrogens with two attached hydrogens (primary N) is 1. The average molecular weight is 240 g/mol. The quantitative estimate of drug-likeness (QED) is 0.702. The Bertz CT molecular complexity index is 351. The number of aromatic nitrogens is 2. The summed E-state index contributed by atoms with van der Waals surface area (Å²) in [5.41, 5.74) is 5.82. The number of nitrogens with one attached hydrogen (secondary N) is 1. The van der Waals surface area contributed by atoms with E-state index in [9.17, 15) is 4.79 Å². The van der Waals surface area contributed by atoms with Gasteiger partial charge in [-0.25, -0.2) is 4.98 Å². The Morgan fingerprint density at radius 1 is 1.71 bits per heavy atom. The van der Waals surface area contributed by atoms with Gasteiger partial charge in [-0.15, -0.1) is 0 Å². The van der Waals surface area contributed by atoms with Crippen molar-refractivity contribution < 1.29 is 9.53 Å². The average Bonchev–Trinajstić information content (AvgIpc) is 2.75. The Morgan fingerprint density at radius 2 is 2.47 bits per heavy atom. The first-order valence-electron chi connectivity index (χ1n) is 5.77. The number of nitrogens with zero attached hydrogens (tertiary/aromatic N) is 2. The smallest absolute Gasteiger partial charge is 0.271 e. The lowest BCUT2D eigenvalue weighted by atomic mass is 10.3. The Hall–Kier alpha value is -1.40. The Morgan fingerprint density at radius 3 is 3.12 bits per heavy atom. The first-order valence-corrected chi connectivity index (χ1v) is 5.77. The third kappa shape index (κ3) is 4.54. The highest BCUT2D eigenvalue weighted by atomic mass is 16.5. The van der Waals surface area contributed by atoms with Crippen molar-refractivity contribution in [1.82, 2.24) is 14.9 Å². The summed E-state index contributed by atoms with van der Waals surface area (Å²) in [5.74, 6) is -0.187. The maximum Gasteiger partial charge on any atom is 0.271 e. The molecular formula is C11H20N4O2. The molecule has 0 aliphatic carbocycles. The summed E-state index contributed by atoms with van der Waals surface area (Å²) in [6.45, 7) is 6.15. The summed E-state index contributed by atoms with van der Waals surface area (Å²) < 4.78 is 7.01. The minimum Gasteiger partial charge on any atom is -0.380 e. The van der Waals surface area contributed by atoms with E-state index in [2.05, 4.69) is 10.3 Å². The molecule has 17 heavy (non-hydrogen) atoms. The van der Waals surface area contributed by atoms with Gasteiger partial charge in [0.1, 0.15) is 5.69 Å². The third-order valence-electron chi connectivity index (χ3n) is 2.20. The summed E-state index contributed by atoms with van der Waals surface area (Å²) in [5, 5.41) is 2.82. The number of carbonyl (C=O) groups is 1. The molecule has 0 saturated carbocycles. The standard InChI is InChI=1S/C11H20N4O2/c1-3-17-7-9(2)14-11(16)10-6-15(5-4-12)8-13-10/h6,8-9H,3-5,7,12H2,1-2H3,(H,14,16). The topological polar surface area (TPSA) is 82.2 Å². The number of hydrogen-bond donors (Lipinski definition) is 2. The second kappa shape index (κ2) is 7.03. The SMILES string of the molecule is CCOCC(C)NC(=O)c1cn(CCN)cn1. The van der Waals surface area contributed by atoms with Crippen LogP contribution in [0.2, 0.25) is 0 Å². The van der Waals surface area contributed by atoms with Gasteiger partial charge < -0.3 is 20.4 Å². The maximum atomic E-state index is 11.8. The Labute approximate surface area is 101 Å². The molecule has 1 aromatic rings. The molecule has 6 heteroatoms. The normalized spacial score (nSPS) is 12.4. The second-order valence-electron chi connectivity index (χ2n) is 3.82. The molecule has 3 N–H and O–H groups in total. The summed E-state index contributed by atoms with van der Waals surface area (Å²) in [6.07, 6.45) is 3.30. The van der Waals surface area contributed by atoms with Gasteiger partial charge in [0.05, 0.1) is 12.9 Å². The van der Waals surface area contributed by atoms with E-state index >= 15 is 0 Å². The molecule has 96 valence electrons. The fourth-order valence-corrected chi connectivity index (χ4v) is 1.38. The lowest BCUT2D eigenvalue weighted by molar-refractivity contribution is 0.0867. The summed E-state index contributed by atoms with van der Waals surface area (Å²) in [4.78, 5) is 15.8. The van der Waals surface area contributed by atoms with E-state index in [0.29, 0.717) is 32.0 Å². The Balaban J connectivity index is 2.45. The van der Waals surface area contributed by atoms with Crippen molar-refractivity contribution in [3.63, 3.8) is 0 Å². The maximum absolute atomic E-state index is 11.8. The molecular weight excluding hydrogens is 220 g/mol. The lowest BCUT2D eigenvalue weighted by Crippen LogP contribution is -2.36. The minimum atomic E-state index is -0.187. The first kappa shape index (κ1) is 13.7. The molecule has 0 saturated heterocycles. The van der Waals surface area contributed by atoms with Crippen LogP contribution in [0.3, 0.4) is 0 Å². The number of amides is 1. The van der Waals surface area contributed by atoms with Crippen molar-refractivity contribution in [2.24, 2.45) is 5.73 Å². The predicted octanol–water partition coefficient (Wildman–Crippen LogP) is -0.00340. The Kier molecular flexibility index (Phi) is 5.65. The zero-order valence-electron chi connectivity index (χ0n) is 10.3. The molecule has 0 aromatic carbocycles. The van der Waals surface area contributed by atoms with Crippen LogP contribution in [-0.4, -0.2) is 41.3 Å². The van der Waals surface area contributed by atoms with Crippen LogP contribution in [0, 0.1) is 0 Å². The van der Waals surface area contributed by atoms with Crippen molar-refractivity contribution in [2.75, 3.05) is 19.8 Å². The number of ether oxygens (including phenoxy) is 1. The number of rotatable bonds is 7. The van der Waals surface area contributed by atoms with Gasteiger partial charge in [0, 0.05) is 31.9 Å². The second-order valence-corrected chi connectivity index (χ2v) is 3.82. The van der Waals surface area contributed by atoms with Crippen molar-refractivity contribution in [2.45, 2.75) is 26.4 Å². The summed E-state index contributed by atoms with van der Waals surface area (Å²) in [7, 11) is 0. The molecule has 0 aliphatic rings. The molecule has 0 aliphatic heterocycles. The van der Waals surface area contributed by atoms with Crippen LogP contribution in [0.15, 0.2) is 12.5 Å². The van der Waals surface area contributed by atoms with Gasteiger partial charge in [0.2, 0.25) is 0 Å². The van der Waals surface area contributed by atoms with Crippen LogP contribution in [-0.2, 0) is 11.3 Å². The van der Waals surface area contributed by atoms with E-state index < -0.39 is 0 Å². The zero-order valence-corrected chi connectivity index (χ0v) is 10.3. The van der Waals surface area contributed by atoms with Gasteiger partial charge in [-0.1, -0.05) is 0 Å². The molecule has 0 bridgehead atoms. The van der Waals surface area contributed by atoms with Crippen molar-refractivity contribution >= 4 is 5.91 Å². The highest BCUT2D eigenvalue weighted by Crippen LogP contribution is 1.97. The molecule has 0 spiro atoms. The molecule has 0 fully saturated rings. The molecule has 1 amide bonds. The number of carbonyl (C=O) groups excluding carboxylic acids is 1. The van der Waals surface area contributed by atoms with Crippen molar-refractivity contribution in [1.29, 1.82) is 0 Å². The van der Waals surface area contributed by atoms with Gasteiger partial charge in [-0.3, -0.25) is 4.79 Å². The first-order chi connectivity index (χ1) is 8.17. The van der Waals surface area contributed by atoms with Gasteiger partial charge in [0.15, 0.2) is 0 Å². The zero-order chi connectivity index (χ0) is 12.7. The fourth-order valence-electron chi connectivity index (χ4n) is 1.38. The molecule has 1 rings (SSSR count). The van der Waals surface area contributed by atoms with Gasteiger partial charge in [-0.2, -0.15) is 0 Å². The molecule has 0 radical (unpaired) electrons. The van der Waals surface area contributed by atoms with E-state index in [1.165, 1.54) is 0 Å². The summed E-state index contributed by atoms with van der Waals surface area (Å²) in [6, 6.07) is -0.0258. The molecule has 1 aromatic heterocycles. The van der Waals surface area contributed by atoms with Crippen LogP contribution in [0.4, 0.5) is 0 Å². The van der Waals surface area contributed by atoms with Crippen LogP contribution in [0.5, 0.6) is 0 Å². The van der Waals surface area contributed by atoms with Crippen LogP contribution in [0.25, 0.3) is 0 Å². The number of imidazole rings is 1. The molecule has 1 unspecified atom stereocenters. The molecule has 1 atom stereocenters. The van der Waals surface area contributed by atoms with Crippen LogP contribution in [0.1, 0.15) is 24.3 Å². The lowest BCUT2D eigenvalue weighted by Gasteiger charge is -2.12. The highest BCUT2D eigenvalue weighted by molar-refractivity contribution is 5.92. The highest BCUT2D eigenvalue weighted by Gasteiger charge is 2.12. The summed E-state index contributed by atoms with van der Waals surface area (Å²) >= 11 is 0. The monoisotopic (exact) mass is 240 g/mol. The van der Waals surface area contributed by atoms with E-state index in [4.69, 9.17) is 10.5 Å². The van der Waals surface area contributed by atoms with Gasteiger partial charge in [-0.05, 0) is 13.8 Å². The number of hydrogen-bond acceptors (Lipinski definition) is 4. The fraction of sp³-hybridized carbons (Fsp3) is 0.636. The minimum absolute atomic E-state index is 0.0258. The van der Waals surface area contributed by atoms with Crippen molar-refractivity contribution in [3.8, 4) is 0 Å². The molecule has 1 heterocycles. The van der Waals surface area contributed by atoms with Gasteiger partial charge >= 0.3 is 0 Å². The van der Waals surface area contributed by atoms with E-state index in [1.807, 2.05) is 13.8 Å². The van der Waals surface area contributed by atoms with Crippen molar-refractivity contribution in [3.05, 3.63) is 18.2 Å². The van der Waals surface area contributed by atoms with Gasteiger partial charge in [0.25, 0.3) is 5.91 Å². The molecule has 6 nitrogen and oxygen atoms in total. The van der Waals surface area contributed by atoms with Crippen LogP contribution >= 0.6 is 0 Å². The van der Waals surface area contributed by atoms with E-state index in [0.717, 1.165) is 0 Å². The van der Waals surface area contributed by atoms with E-state index in [1.54, 1.807) is 17.1 Å². The van der Waals surface area contributed by atoms with E-state index in [-0.39, 0.29) is 11.9 Å². The largest absolute Gasteiger partial charge is 0.380 e.